The predicted molar refractivity (Wildman–Crippen MR) is 204 cm³/mol. The van der Waals surface area contributed by atoms with Gasteiger partial charge in [0.25, 0.3) is 0 Å². The number of likely N-dealkylation sites (N-methyl/N-ethyl adjacent to an activating group) is 1. The molecule has 1 amide bonds. The zero-order chi connectivity index (χ0) is 38.1. The molecule has 282 valence electrons. The number of hydrogen-bond donors (Lipinski definition) is 0. The summed E-state index contributed by atoms with van der Waals surface area (Å²) in [6, 6.07) is 10.9. The van der Waals surface area contributed by atoms with Gasteiger partial charge in [0.1, 0.15) is 34.8 Å². The summed E-state index contributed by atoms with van der Waals surface area (Å²) in [5.74, 6) is -0.0297. The van der Waals surface area contributed by atoms with Gasteiger partial charge in [0.05, 0.1) is 18.2 Å². The third kappa shape index (κ3) is 7.46. The molecule has 8 rings (SSSR count). The summed E-state index contributed by atoms with van der Waals surface area (Å²) in [7, 11) is 3.28. The van der Waals surface area contributed by atoms with Crippen molar-refractivity contribution < 1.29 is 22.7 Å². The van der Waals surface area contributed by atoms with Crippen LogP contribution in [0.25, 0.3) is 39.0 Å². The van der Waals surface area contributed by atoms with Crippen molar-refractivity contribution >= 4 is 39.5 Å². The van der Waals surface area contributed by atoms with E-state index in [-0.39, 0.29) is 35.0 Å². The van der Waals surface area contributed by atoms with Crippen LogP contribution < -0.4 is 9.64 Å². The fourth-order valence-corrected chi connectivity index (χ4v) is 8.09. The fourth-order valence-electron chi connectivity index (χ4n) is 8.09. The second-order valence-corrected chi connectivity index (χ2v) is 14.3. The average molecular weight is 739 g/mol. The molecule has 6 heterocycles. The van der Waals surface area contributed by atoms with Crippen LogP contribution in [0.2, 0.25) is 0 Å². The van der Waals surface area contributed by atoms with Gasteiger partial charge in [-0.25, -0.2) is 23.1 Å². The van der Waals surface area contributed by atoms with Gasteiger partial charge in [-0.05, 0) is 87.0 Å². The molecule has 3 atom stereocenters. The van der Waals surface area contributed by atoms with Gasteiger partial charge in [-0.15, -0.1) is 0 Å². The van der Waals surface area contributed by atoms with Crippen molar-refractivity contribution in [3.8, 4) is 17.3 Å². The molecule has 0 aliphatic carbocycles. The highest BCUT2D eigenvalue weighted by Crippen LogP contribution is 2.37. The Labute approximate surface area is 313 Å². The Balaban J connectivity index is 0.000000433. The highest BCUT2D eigenvalue weighted by atomic mass is 19.1. The van der Waals surface area contributed by atoms with Crippen molar-refractivity contribution in [3.63, 3.8) is 0 Å². The van der Waals surface area contributed by atoms with Crippen LogP contribution in [0.15, 0.2) is 48.7 Å². The Morgan fingerprint density at radius 1 is 1.06 bits per heavy atom. The van der Waals surface area contributed by atoms with Gasteiger partial charge in [-0.1, -0.05) is 31.2 Å². The van der Waals surface area contributed by atoms with E-state index in [9.17, 15) is 13.6 Å². The molecular formula is C41H45F3N8O2. The summed E-state index contributed by atoms with van der Waals surface area (Å²) in [5, 5.41) is 1.82. The highest BCUT2D eigenvalue weighted by molar-refractivity contribution is 6.01. The topological polar surface area (TPSA) is 100 Å². The van der Waals surface area contributed by atoms with Crippen molar-refractivity contribution in [2.24, 2.45) is 0 Å². The first kappa shape index (κ1) is 37.2. The molecule has 0 spiro atoms. The number of aromatic nitrogens is 5. The van der Waals surface area contributed by atoms with Gasteiger partial charge in [0.15, 0.2) is 5.82 Å². The van der Waals surface area contributed by atoms with Crippen molar-refractivity contribution in [1.29, 1.82) is 0 Å². The summed E-state index contributed by atoms with van der Waals surface area (Å²) in [6.45, 7) is 8.42. The maximum absolute atomic E-state index is 16.4. The third-order valence-corrected chi connectivity index (χ3v) is 10.7. The Bertz CT molecular complexity index is 2200. The minimum atomic E-state index is -0.648. The van der Waals surface area contributed by atoms with Gasteiger partial charge < -0.3 is 14.5 Å². The van der Waals surface area contributed by atoms with E-state index in [4.69, 9.17) is 4.74 Å². The molecule has 3 unspecified atom stereocenters. The van der Waals surface area contributed by atoms with E-state index in [2.05, 4.69) is 29.8 Å². The molecule has 5 aromatic rings. The van der Waals surface area contributed by atoms with E-state index in [0.29, 0.717) is 77.8 Å². The van der Waals surface area contributed by atoms with E-state index < -0.39 is 12.0 Å². The zero-order valence-electron chi connectivity index (χ0n) is 31.3. The molecule has 10 nitrogen and oxygen atoms in total. The second kappa shape index (κ2) is 15.7. The van der Waals surface area contributed by atoms with Gasteiger partial charge in [0, 0.05) is 62.3 Å². The van der Waals surface area contributed by atoms with Crippen molar-refractivity contribution in [2.75, 3.05) is 45.2 Å². The lowest BCUT2D eigenvalue weighted by atomic mass is 9.95. The molecule has 3 fully saturated rings. The van der Waals surface area contributed by atoms with Crippen LogP contribution in [0, 0.1) is 25.5 Å². The number of hydrogen-bond acceptors (Lipinski definition) is 9. The number of fused-ring (bicyclic) bond motifs is 3. The van der Waals surface area contributed by atoms with Crippen LogP contribution in [0.3, 0.4) is 0 Å². The lowest BCUT2D eigenvalue weighted by Crippen LogP contribution is -2.36. The molecule has 0 bridgehead atoms. The molecule has 0 radical (unpaired) electrons. The largest absolute Gasteiger partial charge is 0.467 e. The first-order chi connectivity index (χ1) is 26.0. The maximum atomic E-state index is 16.4. The number of rotatable bonds is 7. The van der Waals surface area contributed by atoms with E-state index in [1.165, 1.54) is 32.1 Å². The molecule has 0 saturated carbocycles. The van der Waals surface area contributed by atoms with Crippen LogP contribution >= 0.6 is 0 Å². The van der Waals surface area contributed by atoms with Crippen LogP contribution in [0.4, 0.5) is 19.0 Å². The monoisotopic (exact) mass is 738 g/mol. The van der Waals surface area contributed by atoms with E-state index in [1.54, 1.807) is 35.4 Å². The SMILES string of the molecule is CCc1c(F)ccc2cccc(-c3ncc4c(N(C)C5CCN(C(=O)/C=C/c6cc(C)nc(C)n6)C5)nc(OC)nc4c3F)c12.FC1CC2CCCN2C1. The number of carbonyl (C=O) groups is 1. The van der Waals surface area contributed by atoms with E-state index in [1.807, 2.05) is 44.9 Å². The van der Waals surface area contributed by atoms with E-state index >= 15 is 4.39 Å². The molecular weight excluding hydrogens is 693 g/mol. The van der Waals surface area contributed by atoms with Gasteiger partial charge >= 0.3 is 6.01 Å². The standard InChI is InChI=1S/C34H33F2N7O2.C7H12FN/c1-6-24-27(35)12-10-21-8-7-9-25(29(21)24)31-30(36)32-26(17-37-31)33(41-34(40-32)45-5)42(4)23-14-15-43(18-23)28(44)13-11-22-16-19(2)38-20(3)39-22;8-6-4-7-2-1-3-9(7)5-6/h7-13,16-17,23H,6,14-15,18H2,1-5H3;6-7H,1-5H2/b13-11+;. The molecule has 3 saturated heterocycles. The Morgan fingerprint density at radius 3 is 2.65 bits per heavy atom. The maximum Gasteiger partial charge on any atom is 0.318 e. The Morgan fingerprint density at radius 2 is 1.89 bits per heavy atom. The summed E-state index contributed by atoms with van der Waals surface area (Å²) < 4.78 is 49.2. The van der Waals surface area contributed by atoms with Gasteiger partial charge in [-0.3, -0.25) is 14.7 Å². The minimum absolute atomic E-state index is 0.00270. The number of carbonyl (C=O) groups excluding carboxylic acids is 1. The number of alkyl halides is 1. The van der Waals surface area contributed by atoms with Crippen LogP contribution in [-0.2, 0) is 11.2 Å². The van der Waals surface area contributed by atoms with Crippen molar-refractivity contribution in [3.05, 3.63) is 83.1 Å². The first-order valence-electron chi connectivity index (χ1n) is 18.6. The molecule has 3 aliphatic rings. The number of amides is 1. The molecule has 54 heavy (non-hydrogen) atoms. The lowest BCUT2D eigenvalue weighted by molar-refractivity contribution is -0.124. The number of methoxy groups -OCH3 is 1. The number of nitrogens with zero attached hydrogens (tertiary/aromatic N) is 8. The fraction of sp³-hybridized carbons (Fsp3) is 0.415. The number of aryl methyl sites for hydroxylation is 3. The molecule has 13 heteroatoms. The van der Waals surface area contributed by atoms with Crippen LogP contribution in [0.1, 0.15) is 55.4 Å². The Hall–Kier alpha value is -5.17. The number of likely N-dealkylation sites (tertiary alicyclic amines) is 1. The van der Waals surface area contributed by atoms with Crippen LogP contribution in [-0.4, -0.2) is 99.2 Å². The summed E-state index contributed by atoms with van der Waals surface area (Å²) in [4.78, 5) is 41.1. The predicted octanol–water partition coefficient (Wildman–Crippen LogP) is 7.04. The second-order valence-electron chi connectivity index (χ2n) is 14.3. The minimum Gasteiger partial charge on any atom is -0.467 e. The van der Waals surface area contributed by atoms with Crippen molar-refractivity contribution in [1.82, 2.24) is 34.7 Å². The molecule has 3 aliphatic heterocycles. The zero-order valence-corrected chi connectivity index (χ0v) is 31.3. The average Bonchev–Trinajstić information content (AvgIpc) is 3.91. The quantitative estimate of drug-likeness (QED) is 0.163. The highest BCUT2D eigenvalue weighted by Gasteiger charge is 2.35. The van der Waals surface area contributed by atoms with E-state index in [0.717, 1.165) is 24.0 Å². The number of benzene rings is 2. The summed E-state index contributed by atoms with van der Waals surface area (Å²) in [5.41, 5.74) is 2.61. The number of anilines is 1. The third-order valence-electron chi connectivity index (χ3n) is 10.7. The molecule has 3 aromatic heterocycles. The number of pyridine rings is 1. The van der Waals surface area contributed by atoms with Crippen LogP contribution in [0.5, 0.6) is 6.01 Å². The van der Waals surface area contributed by atoms with Gasteiger partial charge in [0.2, 0.25) is 5.91 Å². The number of ether oxygens (including phenoxy) is 1. The van der Waals surface area contributed by atoms with Crippen molar-refractivity contribution in [2.45, 2.75) is 71.1 Å². The Kier molecular flexibility index (Phi) is 10.8. The first-order valence-corrected chi connectivity index (χ1v) is 18.6. The molecule has 2 aromatic carbocycles. The number of halogens is 3. The molecule has 0 N–H and O–H groups in total. The summed E-state index contributed by atoms with van der Waals surface area (Å²) >= 11 is 0. The smallest absolute Gasteiger partial charge is 0.318 e. The van der Waals surface area contributed by atoms with Gasteiger partial charge in [-0.2, -0.15) is 9.97 Å². The lowest BCUT2D eigenvalue weighted by Gasteiger charge is -2.27. The normalized spacial score (nSPS) is 19.8. The summed E-state index contributed by atoms with van der Waals surface area (Å²) in [6.07, 6.45) is 8.71.